The van der Waals surface area contributed by atoms with E-state index in [1.165, 1.54) is 18.9 Å². The Bertz CT molecular complexity index is 847. The second-order valence-electron chi connectivity index (χ2n) is 4.75. The van der Waals surface area contributed by atoms with Crippen LogP contribution in [0.1, 0.15) is 16.1 Å². The summed E-state index contributed by atoms with van der Waals surface area (Å²) in [4.78, 5) is 32.8. The number of nitrogens with one attached hydrogen (secondary N) is 1. The topological polar surface area (TPSA) is 80.6 Å². The van der Waals surface area contributed by atoms with Crippen molar-refractivity contribution in [3.8, 4) is 0 Å². The highest BCUT2D eigenvalue weighted by atomic mass is 32.2. The summed E-state index contributed by atoms with van der Waals surface area (Å²) in [6, 6.07) is 12.3. The molecule has 1 N–H and O–H groups in total. The van der Waals surface area contributed by atoms with Crippen LogP contribution in [-0.2, 0) is 9.53 Å². The molecule has 3 rings (SSSR count). The van der Waals surface area contributed by atoms with Crippen molar-refractivity contribution in [2.75, 3.05) is 7.11 Å². The standard InChI is InChI=1S/C17H13N3O3S/c1-23-16(22)12-7-2-3-8-13(12)19-17-20-15(21)14(24-17)10-11-6-4-5-9-18-11/h2-10H,1H3,(H,19,20,21)/b14-10-. The van der Waals surface area contributed by atoms with Gasteiger partial charge in [0.1, 0.15) is 0 Å². The van der Waals surface area contributed by atoms with Crippen LogP contribution in [0.25, 0.3) is 6.08 Å². The van der Waals surface area contributed by atoms with E-state index in [-0.39, 0.29) is 5.91 Å². The number of hydrogen-bond acceptors (Lipinski definition) is 6. The van der Waals surface area contributed by atoms with Crippen LogP contribution in [0.4, 0.5) is 5.69 Å². The van der Waals surface area contributed by atoms with Crippen molar-refractivity contribution in [2.45, 2.75) is 0 Å². The van der Waals surface area contributed by atoms with Gasteiger partial charge >= 0.3 is 5.97 Å². The molecule has 0 bridgehead atoms. The number of nitrogens with zero attached hydrogens (tertiary/aromatic N) is 2. The zero-order chi connectivity index (χ0) is 16.9. The molecule has 6 nitrogen and oxygen atoms in total. The van der Waals surface area contributed by atoms with E-state index in [9.17, 15) is 9.59 Å². The molecule has 1 aliphatic rings. The largest absolute Gasteiger partial charge is 0.465 e. The van der Waals surface area contributed by atoms with Gasteiger partial charge in [0.15, 0.2) is 5.17 Å². The zero-order valence-electron chi connectivity index (χ0n) is 12.7. The second kappa shape index (κ2) is 7.10. The first-order valence-electron chi connectivity index (χ1n) is 7.05. The first-order chi connectivity index (χ1) is 11.7. The minimum absolute atomic E-state index is 0.250. The van der Waals surface area contributed by atoms with Crippen LogP contribution in [0.2, 0.25) is 0 Å². The molecule has 24 heavy (non-hydrogen) atoms. The molecule has 0 saturated carbocycles. The number of aliphatic imine (C=N–C) groups is 1. The maximum absolute atomic E-state index is 12.1. The van der Waals surface area contributed by atoms with Crippen LogP contribution >= 0.6 is 11.8 Å². The van der Waals surface area contributed by atoms with Crippen LogP contribution in [0.15, 0.2) is 58.6 Å². The van der Waals surface area contributed by atoms with Gasteiger partial charge in [0.2, 0.25) is 0 Å². The first kappa shape index (κ1) is 15.9. The minimum atomic E-state index is -0.478. The maximum atomic E-state index is 12.1. The zero-order valence-corrected chi connectivity index (χ0v) is 13.5. The highest BCUT2D eigenvalue weighted by Crippen LogP contribution is 2.29. The van der Waals surface area contributed by atoms with Gasteiger partial charge in [0.25, 0.3) is 5.91 Å². The van der Waals surface area contributed by atoms with Crippen molar-refractivity contribution < 1.29 is 14.3 Å². The quantitative estimate of drug-likeness (QED) is 0.687. The summed E-state index contributed by atoms with van der Waals surface area (Å²) < 4.78 is 4.74. The fourth-order valence-corrected chi connectivity index (χ4v) is 2.86. The summed E-state index contributed by atoms with van der Waals surface area (Å²) in [5.74, 6) is -0.728. The molecule has 1 saturated heterocycles. The Hall–Kier alpha value is -2.93. The van der Waals surface area contributed by atoms with Gasteiger partial charge in [-0.25, -0.2) is 9.79 Å². The highest BCUT2D eigenvalue weighted by molar-refractivity contribution is 8.18. The van der Waals surface area contributed by atoms with Crippen LogP contribution in [0.3, 0.4) is 0 Å². The third kappa shape index (κ3) is 3.52. The summed E-state index contributed by atoms with van der Waals surface area (Å²) >= 11 is 1.19. The van der Waals surface area contributed by atoms with E-state index in [0.29, 0.717) is 27.0 Å². The fraction of sp³-hybridized carbons (Fsp3) is 0.0588. The third-order valence-electron chi connectivity index (χ3n) is 3.15. The number of rotatable bonds is 3. The van der Waals surface area contributed by atoms with Gasteiger partial charge in [0.05, 0.1) is 29.0 Å². The molecular formula is C17H13N3O3S. The Kier molecular flexibility index (Phi) is 4.72. The number of ether oxygens (including phenoxy) is 1. The monoisotopic (exact) mass is 339 g/mol. The smallest absolute Gasteiger partial charge is 0.340 e. The average Bonchev–Trinajstić information content (AvgIpc) is 2.95. The molecule has 1 aromatic heterocycles. The van der Waals surface area contributed by atoms with Gasteiger partial charge in [0, 0.05) is 6.20 Å². The number of methoxy groups -OCH3 is 1. The molecule has 120 valence electrons. The van der Waals surface area contributed by atoms with Gasteiger partial charge in [-0.05, 0) is 42.1 Å². The number of pyridine rings is 1. The highest BCUT2D eigenvalue weighted by Gasteiger charge is 2.24. The van der Waals surface area contributed by atoms with Gasteiger partial charge in [-0.3, -0.25) is 9.78 Å². The molecule has 1 fully saturated rings. The van der Waals surface area contributed by atoms with E-state index >= 15 is 0 Å². The van der Waals surface area contributed by atoms with E-state index in [1.807, 2.05) is 12.1 Å². The maximum Gasteiger partial charge on any atom is 0.340 e. The molecule has 2 heterocycles. The van der Waals surface area contributed by atoms with Crippen LogP contribution in [0, 0.1) is 0 Å². The predicted molar refractivity (Wildman–Crippen MR) is 92.8 cm³/mol. The summed E-state index contributed by atoms with van der Waals surface area (Å²) in [6.07, 6.45) is 3.35. The number of amidine groups is 1. The van der Waals surface area contributed by atoms with Crippen molar-refractivity contribution in [2.24, 2.45) is 4.99 Å². The molecule has 7 heteroatoms. The van der Waals surface area contributed by atoms with Gasteiger partial charge < -0.3 is 10.1 Å². The lowest BCUT2D eigenvalue weighted by Crippen LogP contribution is -2.19. The van der Waals surface area contributed by atoms with Crippen LogP contribution in [-0.4, -0.2) is 29.1 Å². The van der Waals surface area contributed by atoms with Crippen molar-refractivity contribution >= 4 is 40.6 Å². The van der Waals surface area contributed by atoms with E-state index < -0.39 is 5.97 Å². The molecule has 0 unspecified atom stereocenters. The first-order valence-corrected chi connectivity index (χ1v) is 7.87. The lowest BCUT2D eigenvalue weighted by Gasteiger charge is -2.03. The molecule has 1 amide bonds. The van der Waals surface area contributed by atoms with Gasteiger partial charge in [-0.1, -0.05) is 18.2 Å². The van der Waals surface area contributed by atoms with Crippen LogP contribution < -0.4 is 5.32 Å². The predicted octanol–water partition coefficient (Wildman–Crippen LogP) is 2.76. The van der Waals surface area contributed by atoms with Crippen molar-refractivity contribution in [1.29, 1.82) is 0 Å². The second-order valence-corrected chi connectivity index (χ2v) is 5.78. The summed E-state index contributed by atoms with van der Waals surface area (Å²) in [5.41, 5.74) is 1.46. The Labute approximate surface area is 142 Å². The summed E-state index contributed by atoms with van der Waals surface area (Å²) in [7, 11) is 1.31. The number of carbonyl (C=O) groups excluding carboxylic acids is 2. The van der Waals surface area contributed by atoms with Crippen molar-refractivity contribution in [1.82, 2.24) is 10.3 Å². The number of amides is 1. The SMILES string of the molecule is COC(=O)c1ccccc1N=C1NC(=O)/C(=C/c2ccccn2)S1. The normalized spacial score (nSPS) is 17.1. The van der Waals surface area contributed by atoms with Gasteiger partial charge in [-0.2, -0.15) is 0 Å². The number of thioether (sulfide) groups is 1. The van der Waals surface area contributed by atoms with E-state index in [1.54, 1.807) is 42.6 Å². The number of hydrogen-bond donors (Lipinski definition) is 1. The Morgan fingerprint density at radius 1 is 1.25 bits per heavy atom. The van der Waals surface area contributed by atoms with Crippen LogP contribution in [0.5, 0.6) is 0 Å². The van der Waals surface area contributed by atoms with E-state index in [0.717, 1.165) is 0 Å². The van der Waals surface area contributed by atoms with Crippen molar-refractivity contribution in [3.63, 3.8) is 0 Å². The molecular weight excluding hydrogens is 326 g/mol. The molecule has 0 spiro atoms. The lowest BCUT2D eigenvalue weighted by atomic mass is 10.2. The third-order valence-corrected chi connectivity index (χ3v) is 4.06. The Balaban J connectivity index is 1.88. The number of carbonyl (C=O) groups is 2. The summed E-state index contributed by atoms with van der Waals surface area (Å²) in [5, 5.41) is 3.08. The van der Waals surface area contributed by atoms with Gasteiger partial charge in [-0.15, -0.1) is 0 Å². The van der Waals surface area contributed by atoms with E-state index in [2.05, 4.69) is 15.3 Å². The molecule has 0 radical (unpaired) electrons. The van der Waals surface area contributed by atoms with E-state index in [4.69, 9.17) is 4.74 Å². The lowest BCUT2D eigenvalue weighted by molar-refractivity contribution is -0.115. The number of esters is 1. The molecule has 2 aromatic rings. The average molecular weight is 339 g/mol. The number of para-hydroxylation sites is 1. The summed E-state index contributed by atoms with van der Waals surface area (Å²) in [6.45, 7) is 0. The molecule has 1 aliphatic heterocycles. The molecule has 0 aliphatic carbocycles. The van der Waals surface area contributed by atoms with Crippen molar-refractivity contribution in [3.05, 3.63) is 64.8 Å². The molecule has 0 atom stereocenters. The fourth-order valence-electron chi connectivity index (χ4n) is 2.04. The Morgan fingerprint density at radius 3 is 2.79 bits per heavy atom. The number of aromatic nitrogens is 1. The number of benzene rings is 1. The Morgan fingerprint density at radius 2 is 2.04 bits per heavy atom. The molecule has 1 aromatic carbocycles. The minimum Gasteiger partial charge on any atom is -0.465 e.